The number of nitrogens with one attached hydrogen (secondary N) is 1. The maximum Gasteiger partial charge on any atom is 0.180 e. The number of carbonyl (C=O) groups excluding carboxylic acids is 1. The van der Waals surface area contributed by atoms with E-state index in [1.54, 1.807) is 11.3 Å². The molecule has 1 aliphatic rings. The lowest BCUT2D eigenvalue weighted by Gasteiger charge is -2.25. The lowest BCUT2D eigenvalue weighted by Crippen LogP contribution is -2.33. The molecule has 3 heteroatoms. The first-order valence-corrected chi connectivity index (χ1v) is 8.22. The molecule has 0 radical (unpaired) electrons. The predicted molar refractivity (Wildman–Crippen MR) is 85.7 cm³/mol. The summed E-state index contributed by atoms with van der Waals surface area (Å²) >= 11 is 1.65. The van der Waals surface area contributed by atoms with Crippen molar-refractivity contribution < 1.29 is 4.79 Å². The third-order valence-electron chi connectivity index (χ3n) is 4.35. The van der Waals surface area contributed by atoms with E-state index in [2.05, 4.69) is 43.4 Å². The highest BCUT2D eigenvalue weighted by Crippen LogP contribution is 2.38. The molecular weight excluding hydrogens is 266 g/mol. The van der Waals surface area contributed by atoms with E-state index in [1.807, 2.05) is 0 Å². The minimum atomic E-state index is -0.162. The Morgan fingerprint density at radius 3 is 2.95 bits per heavy atom. The molecule has 2 aromatic rings. The summed E-state index contributed by atoms with van der Waals surface area (Å²) in [6.45, 7) is 6.07. The average Bonchev–Trinajstić information content (AvgIpc) is 3.05. The van der Waals surface area contributed by atoms with Crippen LogP contribution in [0.5, 0.6) is 0 Å². The summed E-state index contributed by atoms with van der Waals surface area (Å²) in [5.41, 5.74) is 1.09. The fraction of sp³-hybridized carbons (Fsp3) is 0.471. The van der Waals surface area contributed by atoms with Crippen LogP contribution in [0.2, 0.25) is 0 Å². The van der Waals surface area contributed by atoms with Crippen LogP contribution in [-0.4, -0.2) is 18.9 Å². The van der Waals surface area contributed by atoms with Gasteiger partial charge in [-0.1, -0.05) is 31.0 Å². The summed E-state index contributed by atoms with van der Waals surface area (Å²) in [4.78, 5) is 13.9. The number of aryl methyl sites for hydroxylation is 1. The second-order valence-electron chi connectivity index (χ2n) is 5.94. The Hall–Kier alpha value is -1.19. The first kappa shape index (κ1) is 13.8. The van der Waals surface area contributed by atoms with Gasteiger partial charge in [0.15, 0.2) is 5.78 Å². The first-order chi connectivity index (χ1) is 9.64. The topological polar surface area (TPSA) is 29.1 Å². The van der Waals surface area contributed by atoms with E-state index in [1.165, 1.54) is 15.6 Å². The molecule has 1 saturated heterocycles. The Balaban J connectivity index is 1.98. The number of rotatable bonds is 4. The van der Waals surface area contributed by atoms with Crippen LogP contribution in [0.4, 0.5) is 0 Å². The Labute approximate surface area is 124 Å². The molecule has 0 spiro atoms. The van der Waals surface area contributed by atoms with Crippen molar-refractivity contribution in [3.63, 3.8) is 0 Å². The number of hydrogen-bond acceptors (Lipinski definition) is 3. The molecule has 1 aromatic carbocycles. The molecule has 2 heterocycles. The monoisotopic (exact) mass is 287 g/mol. The van der Waals surface area contributed by atoms with E-state index < -0.39 is 0 Å². The van der Waals surface area contributed by atoms with Gasteiger partial charge in [-0.15, -0.1) is 11.3 Å². The van der Waals surface area contributed by atoms with E-state index in [9.17, 15) is 4.79 Å². The Bertz CT molecular complexity index is 637. The van der Waals surface area contributed by atoms with Crippen LogP contribution >= 0.6 is 11.3 Å². The van der Waals surface area contributed by atoms with Crippen LogP contribution in [0.3, 0.4) is 0 Å². The number of fused-ring (bicyclic) bond motifs is 1. The highest BCUT2D eigenvalue weighted by atomic mass is 32.1. The van der Waals surface area contributed by atoms with Gasteiger partial charge in [0, 0.05) is 16.7 Å². The fourth-order valence-electron chi connectivity index (χ4n) is 3.28. The fourth-order valence-corrected chi connectivity index (χ4v) is 4.38. The van der Waals surface area contributed by atoms with E-state index in [-0.39, 0.29) is 5.41 Å². The highest BCUT2D eigenvalue weighted by molar-refractivity contribution is 7.20. The van der Waals surface area contributed by atoms with Gasteiger partial charge in [-0.05, 0) is 43.8 Å². The Morgan fingerprint density at radius 1 is 1.40 bits per heavy atom. The zero-order valence-electron chi connectivity index (χ0n) is 12.2. The molecule has 0 saturated carbocycles. The standard InChI is InChI=1S/C17H21NOS/c1-3-6-17(7-8-18-11-17)16(19)15-10-13-9-12(2)4-5-14(13)20-15/h4-5,9-10,18H,3,6-8,11H2,1-2H3. The summed E-state index contributed by atoms with van der Waals surface area (Å²) in [6.07, 6.45) is 3.04. The molecule has 106 valence electrons. The van der Waals surface area contributed by atoms with Crippen LogP contribution in [-0.2, 0) is 0 Å². The minimum absolute atomic E-state index is 0.162. The van der Waals surface area contributed by atoms with Gasteiger partial charge in [-0.3, -0.25) is 4.79 Å². The summed E-state index contributed by atoms with van der Waals surface area (Å²) in [5.74, 6) is 0.350. The second-order valence-corrected chi connectivity index (χ2v) is 7.02. The van der Waals surface area contributed by atoms with Gasteiger partial charge in [0.1, 0.15) is 0 Å². The summed E-state index contributed by atoms with van der Waals surface area (Å²) in [6, 6.07) is 8.50. The smallest absolute Gasteiger partial charge is 0.180 e. The van der Waals surface area contributed by atoms with Gasteiger partial charge in [0.2, 0.25) is 0 Å². The number of thiophene rings is 1. The van der Waals surface area contributed by atoms with Crippen molar-refractivity contribution in [2.75, 3.05) is 13.1 Å². The van der Waals surface area contributed by atoms with Crippen molar-refractivity contribution in [1.29, 1.82) is 0 Å². The van der Waals surface area contributed by atoms with Gasteiger partial charge in [0.25, 0.3) is 0 Å². The normalized spacial score (nSPS) is 22.5. The molecule has 0 aliphatic carbocycles. The summed E-state index contributed by atoms with van der Waals surface area (Å²) < 4.78 is 1.22. The molecule has 1 N–H and O–H groups in total. The van der Waals surface area contributed by atoms with E-state index in [0.717, 1.165) is 37.2 Å². The molecule has 1 aliphatic heterocycles. The number of hydrogen-bond donors (Lipinski definition) is 1. The van der Waals surface area contributed by atoms with Crippen molar-refractivity contribution in [3.05, 3.63) is 34.7 Å². The van der Waals surface area contributed by atoms with Crippen LogP contribution in [0.15, 0.2) is 24.3 Å². The highest BCUT2D eigenvalue weighted by Gasteiger charge is 2.41. The van der Waals surface area contributed by atoms with Gasteiger partial charge in [0.05, 0.1) is 4.88 Å². The van der Waals surface area contributed by atoms with Gasteiger partial charge < -0.3 is 5.32 Å². The Morgan fingerprint density at radius 2 is 2.25 bits per heavy atom. The molecule has 2 nitrogen and oxygen atoms in total. The Kier molecular flexibility index (Phi) is 3.65. The van der Waals surface area contributed by atoms with Crippen molar-refractivity contribution in [1.82, 2.24) is 5.32 Å². The quantitative estimate of drug-likeness (QED) is 0.855. The van der Waals surface area contributed by atoms with Crippen molar-refractivity contribution in [2.45, 2.75) is 33.1 Å². The SMILES string of the molecule is CCCC1(C(=O)c2cc3cc(C)ccc3s2)CCNC1. The lowest BCUT2D eigenvalue weighted by atomic mass is 9.78. The molecular formula is C17H21NOS. The number of benzene rings is 1. The van der Waals surface area contributed by atoms with E-state index >= 15 is 0 Å². The third kappa shape index (κ3) is 2.29. The molecule has 1 aromatic heterocycles. The molecule has 0 bridgehead atoms. The van der Waals surface area contributed by atoms with Crippen molar-refractivity contribution in [2.24, 2.45) is 5.41 Å². The molecule has 20 heavy (non-hydrogen) atoms. The number of Topliss-reactive ketones (excluding diaryl/α,β-unsaturated/α-hetero) is 1. The minimum Gasteiger partial charge on any atom is -0.316 e. The van der Waals surface area contributed by atoms with Crippen molar-refractivity contribution >= 4 is 27.2 Å². The molecule has 1 atom stereocenters. The van der Waals surface area contributed by atoms with Crippen LogP contribution in [0.1, 0.15) is 41.4 Å². The molecule has 0 amide bonds. The first-order valence-electron chi connectivity index (χ1n) is 7.40. The predicted octanol–water partition coefficient (Wildman–Crippen LogP) is 4.17. The lowest BCUT2D eigenvalue weighted by molar-refractivity contribution is 0.0806. The van der Waals surface area contributed by atoms with Crippen molar-refractivity contribution in [3.8, 4) is 0 Å². The third-order valence-corrected chi connectivity index (χ3v) is 5.46. The largest absolute Gasteiger partial charge is 0.316 e. The van der Waals surface area contributed by atoms with Crippen LogP contribution < -0.4 is 5.32 Å². The number of ketones is 1. The van der Waals surface area contributed by atoms with Gasteiger partial charge in [-0.2, -0.15) is 0 Å². The van der Waals surface area contributed by atoms with E-state index in [4.69, 9.17) is 0 Å². The second kappa shape index (κ2) is 5.30. The van der Waals surface area contributed by atoms with Gasteiger partial charge >= 0.3 is 0 Å². The zero-order valence-corrected chi connectivity index (χ0v) is 13.0. The van der Waals surface area contributed by atoms with Crippen LogP contribution in [0.25, 0.3) is 10.1 Å². The zero-order chi connectivity index (χ0) is 14.2. The maximum atomic E-state index is 13.0. The molecule has 1 unspecified atom stereocenters. The van der Waals surface area contributed by atoms with E-state index in [0.29, 0.717) is 5.78 Å². The summed E-state index contributed by atoms with van der Waals surface area (Å²) in [5, 5.41) is 4.58. The van der Waals surface area contributed by atoms with Gasteiger partial charge in [-0.25, -0.2) is 0 Å². The van der Waals surface area contributed by atoms with Crippen LogP contribution in [0, 0.1) is 12.3 Å². The maximum absolute atomic E-state index is 13.0. The molecule has 3 rings (SSSR count). The summed E-state index contributed by atoms with van der Waals surface area (Å²) in [7, 11) is 0. The average molecular weight is 287 g/mol. The number of carbonyl (C=O) groups is 1. The molecule has 1 fully saturated rings.